The lowest BCUT2D eigenvalue weighted by atomic mass is 10.1. The lowest BCUT2D eigenvalue weighted by Gasteiger charge is -2.20. The Labute approximate surface area is 192 Å². The van der Waals surface area contributed by atoms with Gasteiger partial charge in [0.15, 0.2) is 5.82 Å². The van der Waals surface area contributed by atoms with Crippen LogP contribution >= 0.6 is 0 Å². The van der Waals surface area contributed by atoms with Crippen molar-refractivity contribution in [2.24, 2.45) is 0 Å². The first-order chi connectivity index (χ1) is 15.8. The van der Waals surface area contributed by atoms with E-state index in [1.165, 1.54) is 4.73 Å². The van der Waals surface area contributed by atoms with E-state index in [9.17, 15) is 4.79 Å². The van der Waals surface area contributed by atoms with Crippen LogP contribution in [0.4, 0.5) is 4.79 Å². The summed E-state index contributed by atoms with van der Waals surface area (Å²) in [6, 6.07) is 15.6. The average molecular weight is 449 g/mol. The van der Waals surface area contributed by atoms with Crippen LogP contribution in [-0.2, 0) is 18.0 Å². The molecule has 1 amide bonds. The average Bonchev–Trinajstić information content (AvgIpc) is 3.13. The van der Waals surface area contributed by atoms with Crippen molar-refractivity contribution in [1.29, 1.82) is 0 Å². The number of hydrogen-bond donors (Lipinski definition) is 1. The van der Waals surface area contributed by atoms with E-state index in [0.29, 0.717) is 41.3 Å². The molecule has 8 heteroatoms. The maximum absolute atomic E-state index is 12.5. The number of aromatic nitrogens is 3. The summed E-state index contributed by atoms with van der Waals surface area (Å²) in [6.45, 7) is 8.73. The molecule has 1 N–H and O–H groups in total. The number of nitrogens with zero attached hydrogens (tertiary/aromatic N) is 3. The number of fused-ring (bicyclic) bond motifs is 3. The molecular weight excluding hydrogens is 420 g/mol. The second-order valence-corrected chi connectivity index (χ2v) is 8.66. The predicted octanol–water partition coefficient (Wildman–Crippen LogP) is 4.64. The summed E-state index contributed by atoms with van der Waals surface area (Å²) in [5, 5.41) is 3.60. The highest BCUT2D eigenvalue weighted by Crippen LogP contribution is 2.28. The molecule has 0 saturated carbocycles. The van der Waals surface area contributed by atoms with Gasteiger partial charge in [0.1, 0.15) is 30.0 Å². The van der Waals surface area contributed by atoms with Crippen LogP contribution in [0.5, 0.6) is 5.75 Å². The van der Waals surface area contributed by atoms with Crippen molar-refractivity contribution in [2.75, 3.05) is 6.61 Å². The number of nitrogens with one attached hydrogen (secondary N) is 1. The summed E-state index contributed by atoms with van der Waals surface area (Å²) >= 11 is 0. The molecule has 0 aliphatic rings. The number of carbonyl (C=O) groups is 1. The van der Waals surface area contributed by atoms with Gasteiger partial charge < -0.3 is 19.6 Å². The number of imidazole rings is 1. The highest BCUT2D eigenvalue weighted by molar-refractivity contribution is 6.02. The molecule has 4 rings (SSSR count). The Kier molecular flexibility index (Phi) is 6.46. The summed E-state index contributed by atoms with van der Waals surface area (Å²) in [5.74, 6) is 1.18. The minimum atomic E-state index is -0.577. The lowest BCUT2D eigenvalue weighted by Crippen LogP contribution is -2.44. The molecule has 0 saturated heterocycles. The standard InChI is InChI=1S/C25H28N4O4/c1-5-31-16-22-27-21-14-26-20-13-18(32-15-17-9-7-6-8-10-17)11-12-19(20)23(21)29(22)33-24(30)28-25(2,3)4/h6-14H,5,15-16H2,1-4H3,(H,28,30). The molecule has 2 aromatic carbocycles. The van der Waals surface area contributed by atoms with Crippen molar-refractivity contribution in [3.05, 3.63) is 66.1 Å². The van der Waals surface area contributed by atoms with Crippen LogP contribution < -0.4 is 14.9 Å². The van der Waals surface area contributed by atoms with Crippen LogP contribution in [0.1, 0.15) is 39.1 Å². The molecule has 0 spiro atoms. The molecule has 0 atom stereocenters. The monoisotopic (exact) mass is 448 g/mol. The molecule has 4 aromatic rings. The van der Waals surface area contributed by atoms with Gasteiger partial charge in [-0.15, -0.1) is 0 Å². The fourth-order valence-corrected chi connectivity index (χ4v) is 3.38. The smallest absolute Gasteiger partial charge is 0.432 e. The topological polar surface area (TPSA) is 87.5 Å². The van der Waals surface area contributed by atoms with Crippen LogP contribution in [0.3, 0.4) is 0 Å². The van der Waals surface area contributed by atoms with Crippen LogP contribution in [0.25, 0.3) is 21.9 Å². The third-order valence-corrected chi connectivity index (χ3v) is 4.81. The second kappa shape index (κ2) is 9.46. The fourth-order valence-electron chi connectivity index (χ4n) is 3.38. The normalized spacial score (nSPS) is 11.6. The van der Waals surface area contributed by atoms with E-state index in [-0.39, 0.29) is 6.61 Å². The van der Waals surface area contributed by atoms with E-state index in [0.717, 1.165) is 10.9 Å². The van der Waals surface area contributed by atoms with Gasteiger partial charge in [-0.1, -0.05) is 30.3 Å². The minimum Gasteiger partial charge on any atom is -0.489 e. The Hall–Kier alpha value is -3.65. The molecule has 8 nitrogen and oxygen atoms in total. The first-order valence-electron chi connectivity index (χ1n) is 10.9. The van der Waals surface area contributed by atoms with Crippen molar-refractivity contribution >= 4 is 28.0 Å². The number of rotatable bonds is 7. The van der Waals surface area contributed by atoms with Crippen LogP contribution in [0, 0.1) is 0 Å². The van der Waals surface area contributed by atoms with Crippen LogP contribution in [0.2, 0.25) is 0 Å². The summed E-state index contributed by atoms with van der Waals surface area (Å²) in [7, 11) is 0. The Morgan fingerprint density at radius 3 is 2.58 bits per heavy atom. The zero-order chi connectivity index (χ0) is 23.4. The Morgan fingerprint density at radius 2 is 1.85 bits per heavy atom. The van der Waals surface area contributed by atoms with Gasteiger partial charge in [-0.25, -0.2) is 9.78 Å². The summed E-state index contributed by atoms with van der Waals surface area (Å²) in [5.41, 5.74) is 2.60. The molecular formula is C25H28N4O4. The van der Waals surface area contributed by atoms with E-state index in [2.05, 4.69) is 15.3 Å². The summed E-state index contributed by atoms with van der Waals surface area (Å²) < 4.78 is 12.9. The van der Waals surface area contributed by atoms with E-state index in [1.54, 1.807) is 6.20 Å². The van der Waals surface area contributed by atoms with Crippen molar-refractivity contribution in [3.63, 3.8) is 0 Å². The molecule has 0 aliphatic heterocycles. The molecule has 172 valence electrons. The van der Waals surface area contributed by atoms with E-state index in [1.807, 2.05) is 76.2 Å². The maximum Gasteiger partial charge on any atom is 0.432 e. The highest BCUT2D eigenvalue weighted by Gasteiger charge is 2.21. The Bertz CT molecular complexity index is 1260. The van der Waals surface area contributed by atoms with Crippen LogP contribution in [0.15, 0.2) is 54.7 Å². The molecule has 33 heavy (non-hydrogen) atoms. The van der Waals surface area contributed by atoms with Gasteiger partial charge in [-0.05, 0) is 45.4 Å². The third-order valence-electron chi connectivity index (χ3n) is 4.81. The van der Waals surface area contributed by atoms with Gasteiger partial charge in [0, 0.05) is 23.6 Å². The molecule has 0 aliphatic carbocycles. The van der Waals surface area contributed by atoms with E-state index >= 15 is 0 Å². The fraction of sp³-hybridized carbons (Fsp3) is 0.320. The number of ether oxygens (including phenoxy) is 2. The molecule has 0 bridgehead atoms. The van der Waals surface area contributed by atoms with Gasteiger partial charge >= 0.3 is 6.09 Å². The summed E-state index contributed by atoms with van der Waals surface area (Å²) in [6.07, 6.45) is 1.09. The second-order valence-electron chi connectivity index (χ2n) is 8.66. The number of benzene rings is 2. The quantitative estimate of drug-likeness (QED) is 0.443. The maximum atomic E-state index is 12.5. The summed E-state index contributed by atoms with van der Waals surface area (Å²) in [4.78, 5) is 27.4. The largest absolute Gasteiger partial charge is 0.489 e. The SMILES string of the molecule is CCOCc1nc2cnc3cc(OCc4ccccc4)ccc3c2n1OC(=O)NC(C)(C)C. The number of amides is 1. The molecule has 2 aromatic heterocycles. The van der Waals surface area contributed by atoms with Gasteiger partial charge in [0.25, 0.3) is 0 Å². The van der Waals surface area contributed by atoms with Gasteiger partial charge in [-0.3, -0.25) is 4.98 Å². The van der Waals surface area contributed by atoms with Crippen molar-refractivity contribution in [3.8, 4) is 5.75 Å². The van der Waals surface area contributed by atoms with E-state index in [4.69, 9.17) is 14.3 Å². The molecule has 0 unspecified atom stereocenters. The number of carbonyl (C=O) groups excluding carboxylic acids is 1. The molecule has 0 fully saturated rings. The molecule has 0 radical (unpaired) electrons. The van der Waals surface area contributed by atoms with Crippen LogP contribution in [-0.4, -0.2) is 32.9 Å². The van der Waals surface area contributed by atoms with Crippen molar-refractivity contribution in [1.82, 2.24) is 20.0 Å². The number of pyridine rings is 1. The van der Waals surface area contributed by atoms with Gasteiger partial charge in [0.05, 0.1) is 11.7 Å². The van der Waals surface area contributed by atoms with Crippen molar-refractivity contribution in [2.45, 2.75) is 46.4 Å². The highest BCUT2D eigenvalue weighted by atomic mass is 16.7. The minimum absolute atomic E-state index is 0.202. The Balaban J connectivity index is 1.70. The predicted molar refractivity (Wildman–Crippen MR) is 126 cm³/mol. The van der Waals surface area contributed by atoms with E-state index < -0.39 is 11.6 Å². The zero-order valence-electron chi connectivity index (χ0n) is 19.3. The third kappa shape index (κ3) is 5.40. The zero-order valence-corrected chi connectivity index (χ0v) is 19.3. The van der Waals surface area contributed by atoms with Gasteiger partial charge in [0.2, 0.25) is 0 Å². The molecule has 2 heterocycles. The first kappa shape index (κ1) is 22.5. The first-order valence-corrected chi connectivity index (χ1v) is 10.9. The van der Waals surface area contributed by atoms with Gasteiger partial charge in [-0.2, -0.15) is 4.73 Å². The lowest BCUT2D eigenvalue weighted by molar-refractivity contribution is 0.0933. The number of hydrogen-bond acceptors (Lipinski definition) is 6. The Morgan fingerprint density at radius 1 is 1.06 bits per heavy atom. The van der Waals surface area contributed by atoms with Crippen molar-refractivity contribution < 1.29 is 19.1 Å².